The molecule has 0 spiro atoms. The highest BCUT2D eigenvalue weighted by Gasteiger charge is 1.85. The van der Waals surface area contributed by atoms with Gasteiger partial charge in [0.15, 0.2) is 0 Å². The molecule has 0 aliphatic carbocycles. The van der Waals surface area contributed by atoms with Gasteiger partial charge in [-0.3, -0.25) is 0 Å². The largest absolute Gasteiger partial charge is 0.317 e. The Balaban J connectivity index is 3.03. The standard InChI is InChI=1S/C12H23N/c1-3-5-6-7-8-9-10-12-13-11-4-2/h5,7,13H,3-4,8-12H2,1-2H3. The molecule has 1 heteroatoms. The minimum absolute atomic E-state index is 1.09. The molecule has 0 aliphatic rings. The lowest BCUT2D eigenvalue weighted by atomic mass is 10.2. The van der Waals surface area contributed by atoms with Crippen molar-refractivity contribution in [2.24, 2.45) is 0 Å². The van der Waals surface area contributed by atoms with Gasteiger partial charge in [-0.15, -0.1) is 5.73 Å². The molecular formula is C12H23N. The van der Waals surface area contributed by atoms with Crippen molar-refractivity contribution in [3.05, 3.63) is 17.9 Å². The van der Waals surface area contributed by atoms with Crippen molar-refractivity contribution in [1.29, 1.82) is 0 Å². The second-order valence-electron chi connectivity index (χ2n) is 3.23. The SMILES string of the molecule is CCC=C=CCCCCNCCC. The Morgan fingerprint density at radius 2 is 1.92 bits per heavy atom. The van der Waals surface area contributed by atoms with Crippen molar-refractivity contribution in [2.45, 2.75) is 46.0 Å². The van der Waals surface area contributed by atoms with Gasteiger partial charge in [-0.25, -0.2) is 0 Å². The number of allylic oxidation sites excluding steroid dienone is 1. The first-order chi connectivity index (χ1) is 6.41. The first-order valence-electron chi connectivity index (χ1n) is 5.52. The van der Waals surface area contributed by atoms with Gasteiger partial charge in [-0.2, -0.15) is 0 Å². The predicted molar refractivity (Wildman–Crippen MR) is 60.0 cm³/mol. The zero-order valence-corrected chi connectivity index (χ0v) is 9.10. The molecule has 13 heavy (non-hydrogen) atoms. The van der Waals surface area contributed by atoms with E-state index in [-0.39, 0.29) is 0 Å². The molecule has 0 saturated heterocycles. The van der Waals surface area contributed by atoms with Crippen LogP contribution < -0.4 is 5.32 Å². The van der Waals surface area contributed by atoms with Crippen LogP contribution in [0.15, 0.2) is 17.9 Å². The number of hydrogen-bond acceptors (Lipinski definition) is 1. The van der Waals surface area contributed by atoms with Crippen LogP contribution in [0.1, 0.15) is 46.0 Å². The highest BCUT2D eigenvalue weighted by Crippen LogP contribution is 1.94. The first kappa shape index (κ1) is 12.5. The third kappa shape index (κ3) is 11.5. The van der Waals surface area contributed by atoms with Crippen LogP contribution in [0.25, 0.3) is 0 Å². The Morgan fingerprint density at radius 3 is 2.62 bits per heavy atom. The summed E-state index contributed by atoms with van der Waals surface area (Å²) in [6, 6.07) is 0. The van der Waals surface area contributed by atoms with Crippen LogP contribution in [0.4, 0.5) is 0 Å². The van der Waals surface area contributed by atoms with E-state index >= 15 is 0 Å². The molecule has 0 fully saturated rings. The van der Waals surface area contributed by atoms with Crippen molar-refractivity contribution in [2.75, 3.05) is 13.1 Å². The molecule has 0 radical (unpaired) electrons. The lowest BCUT2D eigenvalue weighted by molar-refractivity contribution is 0.620. The smallest absolute Gasteiger partial charge is 0.00488 e. The number of nitrogens with one attached hydrogen (secondary N) is 1. The van der Waals surface area contributed by atoms with Crippen LogP contribution >= 0.6 is 0 Å². The van der Waals surface area contributed by atoms with Crippen LogP contribution in [0, 0.1) is 0 Å². The maximum atomic E-state index is 3.40. The third-order valence-electron chi connectivity index (χ3n) is 1.82. The average molecular weight is 181 g/mol. The molecule has 1 N–H and O–H groups in total. The Hall–Kier alpha value is -0.520. The highest BCUT2D eigenvalue weighted by molar-refractivity contribution is 4.83. The summed E-state index contributed by atoms with van der Waals surface area (Å²) in [6.45, 7) is 6.66. The average Bonchev–Trinajstić information content (AvgIpc) is 2.16. The molecule has 0 unspecified atom stereocenters. The van der Waals surface area contributed by atoms with Crippen molar-refractivity contribution in [3.63, 3.8) is 0 Å². The molecule has 0 bridgehead atoms. The lowest BCUT2D eigenvalue weighted by Gasteiger charge is -2.00. The fraction of sp³-hybridized carbons (Fsp3) is 0.750. The fourth-order valence-corrected chi connectivity index (χ4v) is 1.08. The van der Waals surface area contributed by atoms with Crippen molar-refractivity contribution >= 4 is 0 Å². The topological polar surface area (TPSA) is 12.0 Å². The molecule has 0 aliphatic heterocycles. The Labute approximate surface area is 82.9 Å². The second kappa shape index (κ2) is 11.5. The first-order valence-corrected chi connectivity index (χ1v) is 5.52. The van der Waals surface area contributed by atoms with E-state index in [4.69, 9.17) is 0 Å². The summed E-state index contributed by atoms with van der Waals surface area (Å²) in [5.74, 6) is 0. The van der Waals surface area contributed by atoms with Crippen LogP contribution in [-0.4, -0.2) is 13.1 Å². The van der Waals surface area contributed by atoms with E-state index in [1.807, 2.05) is 0 Å². The maximum absolute atomic E-state index is 3.40. The lowest BCUT2D eigenvalue weighted by Crippen LogP contribution is -2.15. The summed E-state index contributed by atoms with van der Waals surface area (Å²) in [5.41, 5.74) is 3.17. The number of rotatable bonds is 8. The van der Waals surface area contributed by atoms with Gasteiger partial charge in [-0.05, 0) is 57.3 Å². The molecule has 0 aromatic rings. The van der Waals surface area contributed by atoms with Crippen LogP contribution in [0.5, 0.6) is 0 Å². The molecule has 0 heterocycles. The summed E-state index contributed by atoms with van der Waals surface area (Å²) in [6.07, 6.45) is 10.3. The summed E-state index contributed by atoms with van der Waals surface area (Å²) in [7, 11) is 0. The monoisotopic (exact) mass is 181 g/mol. The van der Waals surface area contributed by atoms with E-state index in [1.54, 1.807) is 0 Å². The number of unbranched alkanes of at least 4 members (excludes halogenated alkanes) is 2. The highest BCUT2D eigenvalue weighted by atomic mass is 14.8. The summed E-state index contributed by atoms with van der Waals surface area (Å²) < 4.78 is 0. The van der Waals surface area contributed by atoms with Gasteiger partial charge in [0.25, 0.3) is 0 Å². The molecule has 0 aromatic carbocycles. The second-order valence-corrected chi connectivity index (χ2v) is 3.23. The number of hydrogen-bond donors (Lipinski definition) is 1. The molecule has 76 valence electrons. The van der Waals surface area contributed by atoms with Gasteiger partial charge in [0.2, 0.25) is 0 Å². The predicted octanol–water partition coefficient (Wildman–Crippen LogP) is 3.28. The maximum Gasteiger partial charge on any atom is -0.00488 e. The van der Waals surface area contributed by atoms with Gasteiger partial charge in [-0.1, -0.05) is 13.8 Å². The van der Waals surface area contributed by atoms with Crippen LogP contribution in [0.2, 0.25) is 0 Å². The quantitative estimate of drug-likeness (QED) is 0.447. The van der Waals surface area contributed by atoms with Gasteiger partial charge >= 0.3 is 0 Å². The van der Waals surface area contributed by atoms with E-state index in [0.29, 0.717) is 0 Å². The summed E-state index contributed by atoms with van der Waals surface area (Å²) >= 11 is 0. The Kier molecular flexibility index (Phi) is 11.0. The van der Waals surface area contributed by atoms with E-state index in [0.717, 1.165) is 13.0 Å². The van der Waals surface area contributed by atoms with Gasteiger partial charge in [0.05, 0.1) is 0 Å². The molecule has 1 nitrogen and oxygen atoms in total. The van der Waals surface area contributed by atoms with E-state index in [1.165, 1.54) is 32.2 Å². The van der Waals surface area contributed by atoms with Crippen molar-refractivity contribution in [3.8, 4) is 0 Å². The van der Waals surface area contributed by atoms with Crippen LogP contribution in [-0.2, 0) is 0 Å². The molecule has 0 aromatic heterocycles. The fourth-order valence-electron chi connectivity index (χ4n) is 1.08. The zero-order chi connectivity index (χ0) is 9.78. The van der Waals surface area contributed by atoms with Gasteiger partial charge in [0.1, 0.15) is 0 Å². The minimum atomic E-state index is 1.09. The van der Waals surface area contributed by atoms with E-state index < -0.39 is 0 Å². The van der Waals surface area contributed by atoms with E-state index in [9.17, 15) is 0 Å². The third-order valence-corrected chi connectivity index (χ3v) is 1.82. The Bertz CT molecular complexity index is 143. The van der Waals surface area contributed by atoms with Crippen molar-refractivity contribution < 1.29 is 0 Å². The summed E-state index contributed by atoms with van der Waals surface area (Å²) in [5, 5.41) is 3.40. The normalized spacial score (nSPS) is 9.38. The minimum Gasteiger partial charge on any atom is -0.317 e. The molecular weight excluding hydrogens is 158 g/mol. The zero-order valence-electron chi connectivity index (χ0n) is 9.10. The van der Waals surface area contributed by atoms with E-state index in [2.05, 4.69) is 37.0 Å². The van der Waals surface area contributed by atoms with Crippen molar-refractivity contribution in [1.82, 2.24) is 5.32 Å². The van der Waals surface area contributed by atoms with Gasteiger partial charge < -0.3 is 5.32 Å². The molecule has 0 amide bonds. The molecule has 0 rings (SSSR count). The Morgan fingerprint density at radius 1 is 1.08 bits per heavy atom. The van der Waals surface area contributed by atoms with Crippen LogP contribution in [0.3, 0.4) is 0 Å². The molecule has 0 saturated carbocycles. The summed E-state index contributed by atoms with van der Waals surface area (Å²) in [4.78, 5) is 0. The molecule has 0 atom stereocenters. The van der Waals surface area contributed by atoms with Gasteiger partial charge in [0, 0.05) is 0 Å².